The van der Waals surface area contributed by atoms with Gasteiger partial charge in [-0.05, 0) is 24.3 Å². The maximum atomic E-state index is 11.2. The number of rotatable bonds is 5. The van der Waals surface area contributed by atoms with Crippen LogP contribution in [0.2, 0.25) is 0 Å². The standard InChI is InChI=1S/C14H18N4O3S/c15-22(19,20)13-3-1-12(2-4-13)21-10-9-17-7-8-18-6-5-16-14(18)11-17/h1-6H,7-11H2,(H2,15,19,20). The Morgan fingerprint density at radius 3 is 2.73 bits per heavy atom. The molecular weight excluding hydrogens is 304 g/mol. The first-order valence-electron chi connectivity index (χ1n) is 7.00. The Labute approximate surface area is 129 Å². The number of imidazole rings is 1. The van der Waals surface area contributed by atoms with Crippen molar-refractivity contribution in [2.75, 3.05) is 19.7 Å². The summed E-state index contributed by atoms with van der Waals surface area (Å²) in [6, 6.07) is 6.12. The molecule has 3 rings (SSSR count). The Balaban J connectivity index is 1.49. The van der Waals surface area contributed by atoms with Crippen LogP contribution in [0, 0.1) is 0 Å². The van der Waals surface area contributed by atoms with Crippen LogP contribution < -0.4 is 9.88 Å². The predicted molar refractivity (Wildman–Crippen MR) is 80.8 cm³/mol. The molecule has 0 saturated heterocycles. The summed E-state index contributed by atoms with van der Waals surface area (Å²) in [6.45, 7) is 4.06. The maximum absolute atomic E-state index is 11.2. The van der Waals surface area contributed by atoms with Crippen molar-refractivity contribution >= 4 is 10.0 Å². The number of nitrogens with two attached hydrogens (primary N) is 1. The Bertz CT molecular complexity index is 740. The molecule has 8 heteroatoms. The van der Waals surface area contributed by atoms with Gasteiger partial charge in [-0.1, -0.05) is 0 Å². The highest BCUT2D eigenvalue weighted by Gasteiger charge is 2.16. The first-order valence-corrected chi connectivity index (χ1v) is 8.55. The average molecular weight is 322 g/mol. The maximum Gasteiger partial charge on any atom is 0.238 e. The molecule has 1 aliphatic heterocycles. The molecule has 0 radical (unpaired) electrons. The lowest BCUT2D eigenvalue weighted by Gasteiger charge is -2.27. The minimum absolute atomic E-state index is 0.0858. The van der Waals surface area contributed by atoms with Gasteiger partial charge in [0, 0.05) is 32.0 Å². The van der Waals surface area contributed by atoms with Crippen LogP contribution in [0.15, 0.2) is 41.6 Å². The monoisotopic (exact) mass is 322 g/mol. The predicted octanol–water partition coefficient (Wildman–Crippen LogP) is 0.425. The molecule has 1 aromatic carbocycles. The second kappa shape index (κ2) is 6.07. The van der Waals surface area contributed by atoms with Crippen LogP contribution >= 0.6 is 0 Å². The summed E-state index contributed by atoms with van der Waals surface area (Å²) in [7, 11) is -3.65. The van der Waals surface area contributed by atoms with Gasteiger partial charge in [-0.3, -0.25) is 4.90 Å². The Morgan fingerprint density at radius 1 is 1.23 bits per heavy atom. The number of aromatic nitrogens is 2. The van der Waals surface area contributed by atoms with Crippen LogP contribution in [0.5, 0.6) is 5.75 Å². The van der Waals surface area contributed by atoms with E-state index in [-0.39, 0.29) is 4.90 Å². The van der Waals surface area contributed by atoms with Crippen LogP contribution in [0.4, 0.5) is 0 Å². The van der Waals surface area contributed by atoms with E-state index in [0.29, 0.717) is 12.4 Å². The lowest BCUT2D eigenvalue weighted by molar-refractivity contribution is 0.174. The molecule has 118 valence electrons. The Kier molecular flexibility index (Phi) is 4.14. The van der Waals surface area contributed by atoms with Crippen molar-refractivity contribution in [2.45, 2.75) is 18.0 Å². The number of benzene rings is 1. The van der Waals surface area contributed by atoms with Crippen LogP contribution in [-0.4, -0.2) is 42.6 Å². The third kappa shape index (κ3) is 3.46. The van der Waals surface area contributed by atoms with E-state index in [1.807, 2.05) is 12.4 Å². The van der Waals surface area contributed by atoms with Gasteiger partial charge < -0.3 is 9.30 Å². The zero-order chi connectivity index (χ0) is 15.6. The highest BCUT2D eigenvalue weighted by Crippen LogP contribution is 2.15. The van der Waals surface area contributed by atoms with Crippen LogP contribution in [0.1, 0.15) is 5.82 Å². The fourth-order valence-electron chi connectivity index (χ4n) is 2.43. The molecule has 1 aliphatic rings. The lowest BCUT2D eigenvalue weighted by Crippen LogP contribution is -2.36. The van der Waals surface area contributed by atoms with Gasteiger partial charge in [0.2, 0.25) is 10.0 Å². The van der Waals surface area contributed by atoms with E-state index in [4.69, 9.17) is 9.88 Å². The topological polar surface area (TPSA) is 90.5 Å². The molecule has 0 atom stereocenters. The quantitative estimate of drug-likeness (QED) is 0.862. The van der Waals surface area contributed by atoms with Crippen molar-refractivity contribution in [1.82, 2.24) is 14.5 Å². The largest absolute Gasteiger partial charge is 0.492 e. The fourth-order valence-corrected chi connectivity index (χ4v) is 2.95. The summed E-state index contributed by atoms with van der Waals surface area (Å²) >= 11 is 0. The normalized spacial score (nSPS) is 15.5. The van der Waals surface area contributed by atoms with Crippen LogP contribution in [-0.2, 0) is 23.1 Å². The number of sulfonamides is 1. The minimum Gasteiger partial charge on any atom is -0.492 e. The molecular formula is C14H18N4O3S. The lowest BCUT2D eigenvalue weighted by atomic mass is 10.3. The van der Waals surface area contributed by atoms with Crippen molar-refractivity contribution < 1.29 is 13.2 Å². The molecule has 2 N–H and O–H groups in total. The van der Waals surface area contributed by atoms with Gasteiger partial charge >= 0.3 is 0 Å². The fraction of sp³-hybridized carbons (Fsp3) is 0.357. The summed E-state index contributed by atoms with van der Waals surface area (Å²) in [6.07, 6.45) is 3.82. The molecule has 0 bridgehead atoms. The van der Waals surface area contributed by atoms with E-state index in [1.165, 1.54) is 12.1 Å². The third-order valence-corrected chi connectivity index (χ3v) is 4.58. The van der Waals surface area contributed by atoms with Gasteiger partial charge in [-0.2, -0.15) is 0 Å². The van der Waals surface area contributed by atoms with Gasteiger partial charge in [0.05, 0.1) is 11.4 Å². The zero-order valence-corrected chi connectivity index (χ0v) is 12.9. The summed E-state index contributed by atoms with van der Waals surface area (Å²) in [5, 5.41) is 5.05. The molecule has 2 aromatic rings. The number of fused-ring (bicyclic) bond motifs is 1. The van der Waals surface area contributed by atoms with Crippen LogP contribution in [0.3, 0.4) is 0 Å². The Morgan fingerprint density at radius 2 is 2.00 bits per heavy atom. The first kappa shape index (κ1) is 15.0. The number of ether oxygens (including phenoxy) is 1. The number of hydrogen-bond acceptors (Lipinski definition) is 5. The van der Waals surface area contributed by atoms with Crippen molar-refractivity contribution in [3.8, 4) is 5.75 Å². The molecule has 1 aromatic heterocycles. The van der Waals surface area contributed by atoms with E-state index >= 15 is 0 Å². The third-order valence-electron chi connectivity index (χ3n) is 3.65. The van der Waals surface area contributed by atoms with Crippen molar-refractivity contribution in [3.63, 3.8) is 0 Å². The van der Waals surface area contributed by atoms with Crippen molar-refractivity contribution in [2.24, 2.45) is 5.14 Å². The average Bonchev–Trinajstić information content (AvgIpc) is 2.94. The summed E-state index contributed by atoms with van der Waals surface area (Å²) in [4.78, 5) is 6.68. The summed E-state index contributed by atoms with van der Waals surface area (Å²) in [5.74, 6) is 1.70. The second-order valence-corrected chi connectivity index (χ2v) is 6.74. The second-order valence-electron chi connectivity index (χ2n) is 5.18. The molecule has 2 heterocycles. The SMILES string of the molecule is NS(=O)(=O)c1ccc(OCCN2CCn3ccnc3C2)cc1. The highest BCUT2D eigenvalue weighted by molar-refractivity contribution is 7.89. The zero-order valence-electron chi connectivity index (χ0n) is 12.1. The van der Waals surface area contributed by atoms with E-state index in [1.54, 1.807) is 12.1 Å². The van der Waals surface area contributed by atoms with Gasteiger partial charge in [0.25, 0.3) is 0 Å². The van der Waals surface area contributed by atoms with Crippen molar-refractivity contribution in [1.29, 1.82) is 0 Å². The van der Waals surface area contributed by atoms with Gasteiger partial charge in [0.1, 0.15) is 18.2 Å². The number of primary sulfonamides is 1. The summed E-state index contributed by atoms with van der Waals surface area (Å²) < 4.78 is 30.1. The van der Waals surface area contributed by atoms with E-state index in [2.05, 4.69) is 14.5 Å². The molecule has 0 amide bonds. The molecule has 0 spiro atoms. The Hall–Kier alpha value is -1.90. The molecule has 0 aliphatic carbocycles. The van der Waals surface area contributed by atoms with E-state index in [9.17, 15) is 8.42 Å². The number of nitrogens with zero attached hydrogens (tertiary/aromatic N) is 3. The van der Waals surface area contributed by atoms with Crippen molar-refractivity contribution in [3.05, 3.63) is 42.5 Å². The smallest absolute Gasteiger partial charge is 0.238 e. The highest BCUT2D eigenvalue weighted by atomic mass is 32.2. The van der Waals surface area contributed by atoms with Crippen LogP contribution in [0.25, 0.3) is 0 Å². The molecule has 22 heavy (non-hydrogen) atoms. The minimum atomic E-state index is -3.65. The molecule has 0 unspecified atom stereocenters. The first-order chi connectivity index (χ1) is 10.5. The van der Waals surface area contributed by atoms with Gasteiger partial charge in [-0.15, -0.1) is 0 Å². The van der Waals surface area contributed by atoms with Gasteiger partial charge in [0.15, 0.2) is 0 Å². The van der Waals surface area contributed by atoms with Gasteiger partial charge in [-0.25, -0.2) is 18.5 Å². The molecule has 7 nitrogen and oxygen atoms in total. The molecule has 0 fully saturated rings. The number of hydrogen-bond donors (Lipinski definition) is 1. The van der Waals surface area contributed by atoms with E-state index in [0.717, 1.165) is 32.0 Å². The molecule has 0 saturated carbocycles. The van der Waals surface area contributed by atoms with E-state index < -0.39 is 10.0 Å². The summed E-state index contributed by atoms with van der Waals surface area (Å²) in [5.41, 5.74) is 0.